The van der Waals surface area contributed by atoms with Gasteiger partial charge in [-0.25, -0.2) is 4.79 Å². The number of pyridine rings is 1. The lowest BCUT2D eigenvalue weighted by Gasteiger charge is -2.35. The number of carbonyl (C=O) groups is 2. The lowest BCUT2D eigenvalue weighted by atomic mass is 9.89. The van der Waals surface area contributed by atoms with Gasteiger partial charge in [-0.15, -0.1) is 0 Å². The summed E-state index contributed by atoms with van der Waals surface area (Å²) < 4.78 is 5.58. The predicted octanol–water partition coefficient (Wildman–Crippen LogP) is 6.50. The van der Waals surface area contributed by atoms with Crippen LogP contribution in [-0.4, -0.2) is 64.6 Å². The number of nitrogens with zero attached hydrogens (tertiary/aromatic N) is 1. The summed E-state index contributed by atoms with van der Waals surface area (Å²) in [6, 6.07) is 24.8. The van der Waals surface area contributed by atoms with E-state index in [0.29, 0.717) is 60.2 Å². The number of aromatic nitrogens is 1. The number of benzene rings is 4. The highest BCUT2D eigenvalue weighted by Gasteiger charge is 2.31. The number of aromatic amines is 1. The average molecular weight is 768 g/mol. The van der Waals surface area contributed by atoms with E-state index in [1.807, 2.05) is 48.5 Å². The molecule has 12 nitrogen and oxygen atoms in total. The van der Waals surface area contributed by atoms with Crippen molar-refractivity contribution in [2.24, 2.45) is 5.73 Å². The molecule has 1 atom stereocenters. The Kier molecular flexibility index (Phi) is 12.7. The Morgan fingerprint density at radius 3 is 2.51 bits per heavy atom. The molecule has 1 aliphatic rings. The van der Waals surface area contributed by atoms with Crippen molar-refractivity contribution in [1.29, 1.82) is 0 Å². The first-order chi connectivity index (χ1) is 26.5. The number of aromatic hydroxyl groups is 1. The van der Waals surface area contributed by atoms with Gasteiger partial charge in [0.05, 0.1) is 35.0 Å². The maximum absolute atomic E-state index is 13.3. The number of hydrogen-bond acceptors (Lipinski definition) is 8. The fraction of sp³-hybridized carbons (Fsp3) is 0.310. The zero-order valence-electron chi connectivity index (χ0n) is 30.6. The van der Waals surface area contributed by atoms with Crippen LogP contribution in [0.4, 0.5) is 10.5 Å². The number of methoxy groups -OCH3 is 1. The number of phenols is 1. The van der Waals surface area contributed by atoms with Crippen molar-refractivity contribution in [2.45, 2.75) is 63.3 Å². The Bertz CT molecular complexity index is 2200. The van der Waals surface area contributed by atoms with Crippen LogP contribution in [-0.2, 0) is 13.0 Å². The monoisotopic (exact) mass is 767 g/mol. The number of amides is 2. The number of carbonyl (C=O) groups excluding carboxylic acids is 1. The van der Waals surface area contributed by atoms with Gasteiger partial charge in [0.15, 0.2) is 0 Å². The number of halogens is 1. The number of rotatable bonds is 14. The molecule has 0 aliphatic heterocycles. The van der Waals surface area contributed by atoms with E-state index in [1.54, 1.807) is 24.3 Å². The maximum Gasteiger partial charge on any atom is 0.412 e. The highest BCUT2D eigenvalue weighted by molar-refractivity contribution is 6.34. The van der Waals surface area contributed by atoms with Gasteiger partial charge >= 0.3 is 6.09 Å². The van der Waals surface area contributed by atoms with E-state index in [-0.39, 0.29) is 58.5 Å². The first-order valence-corrected chi connectivity index (χ1v) is 18.8. The van der Waals surface area contributed by atoms with E-state index in [9.17, 15) is 29.7 Å². The second-order valence-corrected chi connectivity index (χ2v) is 14.3. The number of aliphatic hydroxyl groups is 1. The summed E-state index contributed by atoms with van der Waals surface area (Å²) in [6.45, 7) is 0.771. The Morgan fingerprint density at radius 2 is 1.78 bits per heavy atom. The predicted molar refractivity (Wildman–Crippen MR) is 214 cm³/mol. The molecular formula is C42H46ClN5O7. The molecule has 1 saturated carbocycles. The maximum atomic E-state index is 13.3. The lowest BCUT2D eigenvalue weighted by Crippen LogP contribution is -2.44. The number of aliphatic hydroxyl groups excluding tert-OH is 1. The van der Waals surface area contributed by atoms with Crippen molar-refractivity contribution in [3.8, 4) is 22.6 Å². The number of aryl methyl sites for hydroxylation is 1. The minimum atomic E-state index is -0.990. The van der Waals surface area contributed by atoms with Crippen molar-refractivity contribution in [1.82, 2.24) is 15.6 Å². The SMILES string of the molecule is COc1cc(C(=O)NCCCc2ccc(-c3ccccc3)c(N(C(=O)O)C3CCC(N)CC3)c2)c(Cl)cc1CNC[C@H](O)c1ccc(O)c2[nH]c(=O)ccc12. The third-order valence-electron chi connectivity index (χ3n) is 10.2. The van der Waals surface area contributed by atoms with E-state index in [2.05, 4.69) is 15.6 Å². The molecule has 5 aromatic rings. The summed E-state index contributed by atoms with van der Waals surface area (Å²) in [7, 11) is 1.50. The van der Waals surface area contributed by atoms with Crippen LogP contribution in [0.5, 0.6) is 11.5 Å². The highest BCUT2D eigenvalue weighted by Crippen LogP contribution is 2.37. The van der Waals surface area contributed by atoms with E-state index < -0.39 is 12.2 Å². The molecule has 2 amide bonds. The standard InChI is InChI=1S/C42H46ClN5O7/c1-55-38-22-33(34(43)21-27(38)23-45-24-37(50)31-15-17-36(49)40-32(31)16-18-39(51)47-40)41(52)46-19-5-6-25-9-14-30(26-7-3-2-4-8-26)35(20-25)48(42(53)54)29-12-10-28(44)11-13-29/h2-4,7-9,14-18,20-22,28-29,37,45,49-50H,5-6,10-13,19,23-24,44H2,1H3,(H,46,52)(H,47,51)(H,53,54)/t28?,29?,37-/m0/s1. The van der Waals surface area contributed by atoms with Crippen LogP contribution in [0.1, 0.15) is 65.3 Å². The van der Waals surface area contributed by atoms with E-state index in [4.69, 9.17) is 22.1 Å². The Balaban J connectivity index is 1.08. The van der Waals surface area contributed by atoms with Gasteiger partial charge in [0.25, 0.3) is 5.91 Å². The van der Waals surface area contributed by atoms with Crippen LogP contribution in [0.15, 0.2) is 89.7 Å². The zero-order valence-corrected chi connectivity index (χ0v) is 31.3. The Hall–Kier alpha value is -5.40. The van der Waals surface area contributed by atoms with Crippen molar-refractivity contribution in [2.75, 3.05) is 25.1 Å². The average Bonchev–Trinajstić information content (AvgIpc) is 3.18. The van der Waals surface area contributed by atoms with Crippen molar-refractivity contribution in [3.05, 3.63) is 123 Å². The number of ether oxygens (including phenoxy) is 1. The number of H-pyrrole nitrogens is 1. The second-order valence-electron chi connectivity index (χ2n) is 13.9. The molecule has 6 rings (SSSR count). The molecule has 1 aromatic heterocycles. The largest absolute Gasteiger partial charge is 0.506 e. The zero-order chi connectivity index (χ0) is 39.1. The quantitative estimate of drug-likeness (QED) is 0.0619. The first-order valence-electron chi connectivity index (χ1n) is 18.4. The van der Waals surface area contributed by atoms with Crippen LogP contribution in [0.3, 0.4) is 0 Å². The van der Waals surface area contributed by atoms with Gasteiger partial charge in [0, 0.05) is 54.3 Å². The summed E-state index contributed by atoms with van der Waals surface area (Å²) >= 11 is 6.60. The van der Waals surface area contributed by atoms with Crippen LogP contribution in [0.25, 0.3) is 22.0 Å². The van der Waals surface area contributed by atoms with Crippen LogP contribution >= 0.6 is 11.6 Å². The first kappa shape index (κ1) is 39.3. The van der Waals surface area contributed by atoms with Gasteiger partial charge in [0.1, 0.15) is 11.5 Å². The van der Waals surface area contributed by atoms with Gasteiger partial charge in [0.2, 0.25) is 5.56 Å². The minimum absolute atomic E-state index is 0.0896. The van der Waals surface area contributed by atoms with Crippen LogP contribution < -0.4 is 31.6 Å². The van der Waals surface area contributed by atoms with Crippen LogP contribution in [0, 0.1) is 0 Å². The van der Waals surface area contributed by atoms with E-state index in [1.165, 1.54) is 24.1 Å². The number of anilines is 1. The number of hydrogen-bond donors (Lipinski definition) is 7. The Labute approximate surface area is 323 Å². The van der Waals surface area contributed by atoms with Gasteiger partial charge in [-0.2, -0.15) is 0 Å². The summed E-state index contributed by atoms with van der Waals surface area (Å²) in [5, 5.41) is 38.4. The molecule has 13 heteroatoms. The number of carboxylic acid groups (broad SMARTS) is 1. The molecule has 55 heavy (non-hydrogen) atoms. The molecule has 1 aliphatic carbocycles. The summed E-state index contributed by atoms with van der Waals surface area (Å²) in [5.74, 6) is -0.00509. The molecule has 288 valence electrons. The molecule has 0 radical (unpaired) electrons. The molecule has 0 spiro atoms. The normalized spacial score (nSPS) is 16.1. The summed E-state index contributed by atoms with van der Waals surface area (Å²) in [5.41, 5.74) is 10.9. The molecular weight excluding hydrogens is 722 g/mol. The molecule has 0 saturated heterocycles. The minimum Gasteiger partial charge on any atom is -0.506 e. The number of nitrogens with one attached hydrogen (secondary N) is 3. The number of nitrogens with two attached hydrogens (primary N) is 1. The number of fused-ring (bicyclic) bond motifs is 1. The van der Waals surface area contributed by atoms with Crippen molar-refractivity contribution >= 4 is 40.2 Å². The third kappa shape index (κ3) is 9.29. The molecule has 0 bridgehead atoms. The Morgan fingerprint density at radius 1 is 1.02 bits per heavy atom. The van der Waals surface area contributed by atoms with Gasteiger partial charge in [-0.1, -0.05) is 60.1 Å². The van der Waals surface area contributed by atoms with E-state index >= 15 is 0 Å². The molecule has 1 fully saturated rings. The van der Waals surface area contributed by atoms with Gasteiger partial charge in [-0.3, -0.25) is 14.5 Å². The molecule has 0 unspecified atom stereocenters. The third-order valence-corrected chi connectivity index (χ3v) is 10.5. The molecule has 8 N–H and O–H groups in total. The van der Waals surface area contributed by atoms with Crippen LogP contribution in [0.2, 0.25) is 5.02 Å². The van der Waals surface area contributed by atoms with Crippen molar-refractivity contribution < 1.29 is 29.6 Å². The van der Waals surface area contributed by atoms with Gasteiger partial charge in [-0.05, 0) is 85.5 Å². The topological polar surface area (TPSA) is 190 Å². The fourth-order valence-electron chi connectivity index (χ4n) is 7.30. The summed E-state index contributed by atoms with van der Waals surface area (Å²) in [4.78, 5) is 41.9. The summed E-state index contributed by atoms with van der Waals surface area (Å²) in [6.07, 6.45) is 2.23. The van der Waals surface area contributed by atoms with E-state index in [0.717, 1.165) is 29.5 Å². The molecule has 1 heterocycles. The second kappa shape index (κ2) is 17.8. The molecule has 4 aromatic carbocycles. The van der Waals surface area contributed by atoms with Gasteiger partial charge < -0.3 is 41.4 Å². The lowest BCUT2D eigenvalue weighted by molar-refractivity contribution is 0.0953. The smallest absolute Gasteiger partial charge is 0.412 e. The fourth-order valence-corrected chi connectivity index (χ4v) is 7.57. The number of phenolic OH excluding ortho intramolecular Hbond substituents is 1. The van der Waals surface area contributed by atoms with Crippen molar-refractivity contribution in [3.63, 3.8) is 0 Å². The highest BCUT2D eigenvalue weighted by atomic mass is 35.5.